The van der Waals surface area contributed by atoms with Crippen LogP contribution in [0.3, 0.4) is 0 Å². The molecule has 112 valence electrons. The average Bonchev–Trinajstić information content (AvgIpc) is 2.90. The van der Waals surface area contributed by atoms with Crippen LogP contribution >= 0.6 is 0 Å². The minimum Gasteiger partial charge on any atom is -0.338 e. The van der Waals surface area contributed by atoms with E-state index in [0.717, 1.165) is 37.7 Å². The molecule has 1 N–H and O–H groups in total. The molecular formula is C16H28N4. The van der Waals surface area contributed by atoms with Crippen LogP contribution < -0.4 is 10.2 Å². The van der Waals surface area contributed by atoms with Crippen molar-refractivity contribution in [2.45, 2.75) is 59.5 Å². The number of hydrogen-bond donors (Lipinski definition) is 1. The topological polar surface area (TPSA) is 41.1 Å². The Kier molecular flexibility index (Phi) is 5.35. The van der Waals surface area contributed by atoms with Crippen LogP contribution in [-0.4, -0.2) is 29.1 Å². The number of hydrogen-bond acceptors (Lipinski definition) is 4. The van der Waals surface area contributed by atoms with Gasteiger partial charge >= 0.3 is 0 Å². The molecule has 2 heterocycles. The third kappa shape index (κ3) is 3.48. The summed E-state index contributed by atoms with van der Waals surface area (Å²) in [5, 5.41) is 3.41. The predicted octanol–water partition coefficient (Wildman–Crippen LogP) is 2.91. The molecule has 0 saturated carbocycles. The predicted molar refractivity (Wildman–Crippen MR) is 84.0 cm³/mol. The lowest BCUT2D eigenvalue weighted by atomic mass is 10.0. The third-order valence-electron chi connectivity index (χ3n) is 4.14. The van der Waals surface area contributed by atoms with Gasteiger partial charge in [0.1, 0.15) is 0 Å². The highest BCUT2D eigenvalue weighted by Gasteiger charge is 2.29. The highest BCUT2D eigenvalue weighted by atomic mass is 15.3. The van der Waals surface area contributed by atoms with Gasteiger partial charge in [0.25, 0.3) is 0 Å². The van der Waals surface area contributed by atoms with Gasteiger partial charge in [-0.3, -0.25) is 0 Å². The van der Waals surface area contributed by atoms with E-state index < -0.39 is 0 Å². The molecule has 0 radical (unpaired) electrons. The van der Waals surface area contributed by atoms with Crippen LogP contribution in [0, 0.1) is 12.8 Å². The molecule has 1 fully saturated rings. The Balaban J connectivity index is 2.08. The fourth-order valence-corrected chi connectivity index (χ4v) is 2.93. The third-order valence-corrected chi connectivity index (χ3v) is 4.14. The van der Waals surface area contributed by atoms with Crippen molar-refractivity contribution in [3.8, 4) is 0 Å². The van der Waals surface area contributed by atoms with Crippen molar-refractivity contribution in [1.29, 1.82) is 0 Å². The lowest BCUT2D eigenvalue weighted by Crippen LogP contribution is -2.34. The molecular weight excluding hydrogens is 248 g/mol. The van der Waals surface area contributed by atoms with Crippen LogP contribution in [0.1, 0.15) is 51.3 Å². The van der Waals surface area contributed by atoms with Gasteiger partial charge < -0.3 is 10.2 Å². The minimum absolute atomic E-state index is 0.596. The summed E-state index contributed by atoms with van der Waals surface area (Å²) >= 11 is 0. The first-order valence-electron chi connectivity index (χ1n) is 7.93. The zero-order chi connectivity index (χ0) is 14.5. The van der Waals surface area contributed by atoms with E-state index in [1.807, 2.05) is 6.20 Å². The van der Waals surface area contributed by atoms with Crippen LogP contribution in [0.2, 0.25) is 0 Å². The molecule has 1 unspecified atom stereocenters. The molecule has 4 nitrogen and oxygen atoms in total. The second kappa shape index (κ2) is 7.02. The maximum absolute atomic E-state index is 4.74. The van der Waals surface area contributed by atoms with Crippen molar-refractivity contribution in [2.75, 3.05) is 18.0 Å². The van der Waals surface area contributed by atoms with Gasteiger partial charge in [0.15, 0.2) is 0 Å². The molecule has 1 saturated heterocycles. The standard InChI is InChI=1S/C16H28N4/c1-5-8-17-10-14-11-18-16(19-13(14)4)20-9-6-7-15(20)12(2)3/h11-12,15,17H,5-10H2,1-4H3. The highest BCUT2D eigenvalue weighted by molar-refractivity contribution is 5.36. The molecule has 0 aromatic carbocycles. The Labute approximate surface area is 123 Å². The quantitative estimate of drug-likeness (QED) is 0.811. The lowest BCUT2D eigenvalue weighted by Gasteiger charge is -2.28. The molecule has 2 rings (SSSR count). The van der Waals surface area contributed by atoms with Crippen LogP contribution in [0.15, 0.2) is 6.20 Å². The molecule has 1 aliphatic heterocycles. The number of aryl methyl sites for hydroxylation is 1. The number of nitrogens with zero attached hydrogens (tertiary/aromatic N) is 3. The summed E-state index contributed by atoms with van der Waals surface area (Å²) in [6.07, 6.45) is 5.67. The van der Waals surface area contributed by atoms with E-state index in [1.165, 1.54) is 18.4 Å². The van der Waals surface area contributed by atoms with E-state index in [-0.39, 0.29) is 0 Å². The van der Waals surface area contributed by atoms with Crippen LogP contribution in [-0.2, 0) is 6.54 Å². The first kappa shape index (κ1) is 15.2. The molecule has 1 aliphatic rings. The first-order valence-corrected chi connectivity index (χ1v) is 7.93. The summed E-state index contributed by atoms with van der Waals surface area (Å²) < 4.78 is 0. The van der Waals surface area contributed by atoms with E-state index in [9.17, 15) is 0 Å². The van der Waals surface area contributed by atoms with Crippen LogP contribution in [0.25, 0.3) is 0 Å². The Morgan fingerprint density at radius 1 is 1.45 bits per heavy atom. The zero-order valence-electron chi connectivity index (χ0n) is 13.3. The molecule has 0 aliphatic carbocycles. The van der Waals surface area contributed by atoms with Gasteiger partial charge in [-0.1, -0.05) is 20.8 Å². The molecule has 1 atom stereocenters. The summed E-state index contributed by atoms with van der Waals surface area (Å²) in [4.78, 5) is 11.7. The van der Waals surface area contributed by atoms with Crippen molar-refractivity contribution in [2.24, 2.45) is 5.92 Å². The number of nitrogens with one attached hydrogen (secondary N) is 1. The zero-order valence-corrected chi connectivity index (χ0v) is 13.3. The van der Waals surface area contributed by atoms with Crippen LogP contribution in [0.5, 0.6) is 0 Å². The Hall–Kier alpha value is -1.16. The van der Waals surface area contributed by atoms with Gasteiger partial charge in [-0.25, -0.2) is 9.97 Å². The second-order valence-electron chi connectivity index (χ2n) is 6.10. The fraction of sp³-hybridized carbons (Fsp3) is 0.750. The number of rotatable bonds is 6. The van der Waals surface area contributed by atoms with E-state index >= 15 is 0 Å². The molecule has 0 amide bonds. The Bertz CT molecular complexity index is 430. The van der Waals surface area contributed by atoms with Crippen LogP contribution in [0.4, 0.5) is 5.95 Å². The molecule has 0 spiro atoms. The fourth-order valence-electron chi connectivity index (χ4n) is 2.93. The van der Waals surface area contributed by atoms with E-state index in [4.69, 9.17) is 4.98 Å². The van der Waals surface area contributed by atoms with Crippen molar-refractivity contribution in [1.82, 2.24) is 15.3 Å². The van der Waals surface area contributed by atoms with Crippen molar-refractivity contribution in [3.05, 3.63) is 17.5 Å². The molecule has 4 heteroatoms. The monoisotopic (exact) mass is 276 g/mol. The van der Waals surface area contributed by atoms with E-state index in [1.54, 1.807) is 0 Å². The molecule has 1 aromatic heterocycles. The molecule has 1 aromatic rings. The average molecular weight is 276 g/mol. The van der Waals surface area contributed by atoms with Gasteiger partial charge in [0.05, 0.1) is 0 Å². The SMILES string of the molecule is CCCNCc1cnc(N2CCCC2C(C)C)nc1C. The minimum atomic E-state index is 0.596. The number of aromatic nitrogens is 2. The first-order chi connectivity index (χ1) is 9.63. The van der Waals surface area contributed by atoms with Crippen molar-refractivity contribution < 1.29 is 0 Å². The summed E-state index contributed by atoms with van der Waals surface area (Å²) in [7, 11) is 0. The van der Waals surface area contributed by atoms with Gasteiger partial charge in [0, 0.05) is 36.6 Å². The maximum Gasteiger partial charge on any atom is 0.225 e. The van der Waals surface area contributed by atoms with Crippen molar-refractivity contribution >= 4 is 5.95 Å². The van der Waals surface area contributed by atoms with Gasteiger partial charge in [-0.15, -0.1) is 0 Å². The van der Waals surface area contributed by atoms with Crippen molar-refractivity contribution in [3.63, 3.8) is 0 Å². The van der Waals surface area contributed by atoms with E-state index in [2.05, 4.69) is 42.9 Å². The maximum atomic E-state index is 4.74. The number of anilines is 1. The highest BCUT2D eigenvalue weighted by Crippen LogP contribution is 2.27. The largest absolute Gasteiger partial charge is 0.338 e. The summed E-state index contributed by atoms with van der Waals surface area (Å²) in [5.74, 6) is 1.57. The lowest BCUT2D eigenvalue weighted by molar-refractivity contribution is 0.486. The molecule has 0 bridgehead atoms. The Morgan fingerprint density at radius 2 is 2.25 bits per heavy atom. The summed E-state index contributed by atoms with van der Waals surface area (Å²) in [5.41, 5.74) is 2.32. The normalized spacial score (nSPS) is 19.1. The Morgan fingerprint density at radius 3 is 2.90 bits per heavy atom. The smallest absolute Gasteiger partial charge is 0.225 e. The van der Waals surface area contributed by atoms with E-state index in [0.29, 0.717) is 12.0 Å². The van der Waals surface area contributed by atoms with Gasteiger partial charge in [-0.05, 0) is 38.6 Å². The second-order valence-corrected chi connectivity index (χ2v) is 6.10. The van der Waals surface area contributed by atoms with Gasteiger partial charge in [0.2, 0.25) is 5.95 Å². The van der Waals surface area contributed by atoms with Gasteiger partial charge in [-0.2, -0.15) is 0 Å². The summed E-state index contributed by atoms with van der Waals surface area (Å²) in [6, 6.07) is 0.596. The molecule has 20 heavy (non-hydrogen) atoms. The summed E-state index contributed by atoms with van der Waals surface area (Å²) in [6.45, 7) is 11.9.